The summed E-state index contributed by atoms with van der Waals surface area (Å²) in [5, 5.41) is 15.5. The van der Waals surface area contributed by atoms with Gasteiger partial charge in [0.1, 0.15) is 18.2 Å². The molecule has 1 heterocycles. The third-order valence-corrected chi connectivity index (χ3v) is 9.65. The van der Waals surface area contributed by atoms with Crippen molar-refractivity contribution in [3.63, 3.8) is 0 Å². The summed E-state index contributed by atoms with van der Waals surface area (Å²) in [5.41, 5.74) is 1.86. The van der Waals surface area contributed by atoms with Gasteiger partial charge in [0.2, 0.25) is 15.9 Å². The predicted molar refractivity (Wildman–Crippen MR) is 177 cm³/mol. The highest BCUT2D eigenvalue weighted by atomic mass is 32.2. The van der Waals surface area contributed by atoms with E-state index in [2.05, 4.69) is 36.1 Å². The van der Waals surface area contributed by atoms with Gasteiger partial charge >= 0.3 is 5.97 Å². The number of hydrogen-bond donors (Lipinski definition) is 4. The zero-order chi connectivity index (χ0) is 33.6. The Morgan fingerprint density at radius 3 is 2.41 bits per heavy atom. The molecule has 2 aliphatic rings. The minimum Gasteiger partial charge on any atom is -0.494 e. The lowest BCUT2D eigenvalue weighted by atomic mass is 9.72. The molecule has 1 aliphatic carbocycles. The standard InChI is InChI=1S/C33H47FN4O7S/c1-20(2)31-21(3)7-6-8-28(31)45-19-30(39)36-26-11-9-23(17-29(26)44-4)35-18-24-25(34)10-12-27(37-46(5,42)43)32(24)38-15-13-22(14-16-38)33(40)41/h9-12,17,20-22,28,31,35,37H,6-8,13-16,18-19H2,1-5H3,(H,36,39)(H,40,41). The van der Waals surface area contributed by atoms with Crippen molar-refractivity contribution in [2.75, 3.05) is 53.3 Å². The normalized spacial score (nSPS) is 20.8. The molecule has 1 aliphatic heterocycles. The summed E-state index contributed by atoms with van der Waals surface area (Å²) < 4.78 is 53.8. The number of halogens is 1. The maximum absolute atomic E-state index is 15.4. The van der Waals surface area contributed by atoms with Crippen molar-refractivity contribution in [1.82, 2.24) is 0 Å². The van der Waals surface area contributed by atoms with Gasteiger partial charge in [-0.3, -0.25) is 14.3 Å². The first-order valence-corrected chi connectivity index (χ1v) is 17.8. The average Bonchev–Trinajstić information content (AvgIpc) is 2.99. The molecule has 0 aromatic heterocycles. The number of amides is 1. The molecule has 3 unspecified atom stereocenters. The van der Waals surface area contributed by atoms with E-state index in [1.54, 1.807) is 18.2 Å². The molecule has 254 valence electrons. The first kappa shape index (κ1) is 35.3. The van der Waals surface area contributed by atoms with Crippen LogP contribution in [-0.2, 0) is 30.9 Å². The maximum atomic E-state index is 15.4. The number of hydrogen-bond acceptors (Lipinski definition) is 8. The molecule has 0 radical (unpaired) electrons. The number of aliphatic carboxylic acids is 1. The van der Waals surface area contributed by atoms with Crippen molar-refractivity contribution in [2.24, 2.45) is 23.7 Å². The Morgan fingerprint density at radius 2 is 1.78 bits per heavy atom. The van der Waals surface area contributed by atoms with E-state index in [1.807, 2.05) is 4.90 Å². The van der Waals surface area contributed by atoms with E-state index in [4.69, 9.17) is 9.47 Å². The van der Waals surface area contributed by atoms with E-state index >= 15 is 4.39 Å². The molecule has 0 bridgehead atoms. The van der Waals surface area contributed by atoms with E-state index in [-0.39, 0.29) is 36.4 Å². The fourth-order valence-electron chi connectivity index (χ4n) is 6.91. The summed E-state index contributed by atoms with van der Waals surface area (Å²) in [6.45, 7) is 7.25. The lowest BCUT2D eigenvalue weighted by molar-refractivity contribution is -0.142. The van der Waals surface area contributed by atoms with Gasteiger partial charge in [0.05, 0.1) is 42.4 Å². The van der Waals surface area contributed by atoms with Crippen LogP contribution in [0.2, 0.25) is 0 Å². The van der Waals surface area contributed by atoms with Gasteiger partial charge in [-0.2, -0.15) is 0 Å². The number of methoxy groups -OCH3 is 1. The van der Waals surface area contributed by atoms with Crippen molar-refractivity contribution in [3.05, 3.63) is 41.7 Å². The Labute approximate surface area is 271 Å². The fourth-order valence-corrected chi connectivity index (χ4v) is 7.47. The van der Waals surface area contributed by atoms with Gasteiger partial charge < -0.3 is 30.1 Å². The van der Waals surface area contributed by atoms with Crippen LogP contribution < -0.4 is 25.0 Å². The van der Waals surface area contributed by atoms with Crippen LogP contribution in [0, 0.1) is 29.5 Å². The Kier molecular flexibility index (Phi) is 11.8. The minimum atomic E-state index is -3.68. The van der Waals surface area contributed by atoms with Crippen LogP contribution in [0.4, 0.5) is 27.1 Å². The number of carboxylic acids is 1. The summed E-state index contributed by atoms with van der Waals surface area (Å²) in [6.07, 6.45) is 4.98. The molecule has 11 nitrogen and oxygen atoms in total. The Balaban J connectivity index is 1.47. The maximum Gasteiger partial charge on any atom is 0.306 e. The quantitative estimate of drug-likeness (QED) is 0.217. The molecule has 4 N–H and O–H groups in total. The number of benzene rings is 2. The second-order valence-electron chi connectivity index (χ2n) is 12.8. The van der Waals surface area contributed by atoms with Gasteiger partial charge in [-0.1, -0.05) is 33.6 Å². The lowest BCUT2D eigenvalue weighted by Gasteiger charge is -2.38. The molecule has 0 spiro atoms. The zero-order valence-electron chi connectivity index (χ0n) is 27.3. The molecule has 1 amide bonds. The average molecular weight is 663 g/mol. The number of carbonyl (C=O) groups excluding carboxylic acids is 1. The van der Waals surface area contributed by atoms with Crippen LogP contribution in [-0.4, -0.2) is 64.6 Å². The van der Waals surface area contributed by atoms with Gasteiger partial charge in [-0.15, -0.1) is 0 Å². The first-order chi connectivity index (χ1) is 21.8. The second kappa shape index (κ2) is 15.3. The van der Waals surface area contributed by atoms with Gasteiger partial charge in [0, 0.05) is 37.0 Å². The molecular formula is C33H47FN4O7S. The van der Waals surface area contributed by atoms with Crippen LogP contribution in [0.3, 0.4) is 0 Å². The Bertz CT molecular complexity index is 1500. The highest BCUT2D eigenvalue weighted by molar-refractivity contribution is 7.92. The zero-order valence-corrected chi connectivity index (χ0v) is 28.1. The van der Waals surface area contributed by atoms with E-state index in [0.717, 1.165) is 19.1 Å². The molecule has 3 atom stereocenters. The highest BCUT2D eigenvalue weighted by Crippen LogP contribution is 2.38. The lowest BCUT2D eigenvalue weighted by Crippen LogP contribution is -2.38. The van der Waals surface area contributed by atoms with Crippen molar-refractivity contribution in [2.45, 2.75) is 65.5 Å². The van der Waals surface area contributed by atoms with Crippen LogP contribution >= 0.6 is 0 Å². The monoisotopic (exact) mass is 662 g/mol. The number of nitrogens with zero attached hydrogens (tertiary/aromatic N) is 1. The third-order valence-electron chi connectivity index (χ3n) is 9.06. The van der Waals surface area contributed by atoms with Crippen LogP contribution in [0.5, 0.6) is 5.75 Å². The fraction of sp³-hybridized carbons (Fsp3) is 0.576. The van der Waals surface area contributed by atoms with E-state index < -0.39 is 27.7 Å². The topological polar surface area (TPSA) is 146 Å². The highest BCUT2D eigenvalue weighted by Gasteiger charge is 2.34. The molecule has 2 aromatic carbocycles. The van der Waals surface area contributed by atoms with Crippen LogP contribution in [0.25, 0.3) is 0 Å². The molecule has 4 rings (SSSR count). The summed E-state index contributed by atoms with van der Waals surface area (Å²) >= 11 is 0. The Hall–Kier alpha value is -3.58. The molecule has 1 saturated heterocycles. The SMILES string of the molecule is COc1cc(NCc2c(F)ccc(NS(C)(=O)=O)c2N2CCC(C(=O)O)CC2)ccc1NC(=O)COC1CCCC(C)C1C(C)C. The van der Waals surface area contributed by atoms with Crippen LogP contribution in [0.1, 0.15) is 58.4 Å². The molecule has 2 aromatic rings. The van der Waals surface area contributed by atoms with Crippen molar-refractivity contribution < 1.29 is 37.0 Å². The summed E-state index contributed by atoms with van der Waals surface area (Å²) in [7, 11) is -2.19. The number of carbonyl (C=O) groups is 2. The summed E-state index contributed by atoms with van der Waals surface area (Å²) in [4.78, 5) is 26.2. The molecule has 1 saturated carbocycles. The number of sulfonamides is 1. The first-order valence-electron chi connectivity index (χ1n) is 15.9. The minimum absolute atomic E-state index is 0.00115. The molecular weight excluding hydrogens is 615 g/mol. The largest absolute Gasteiger partial charge is 0.494 e. The van der Waals surface area contributed by atoms with Gasteiger partial charge in [0.15, 0.2) is 0 Å². The third kappa shape index (κ3) is 9.03. The summed E-state index contributed by atoms with van der Waals surface area (Å²) in [5.74, 6) is -0.388. The van der Waals surface area contributed by atoms with Gasteiger partial charge in [-0.25, -0.2) is 12.8 Å². The molecule has 13 heteroatoms. The number of carboxylic acid groups (broad SMARTS) is 1. The van der Waals surface area contributed by atoms with Crippen molar-refractivity contribution >= 4 is 44.6 Å². The van der Waals surface area contributed by atoms with E-state index in [9.17, 15) is 23.1 Å². The summed E-state index contributed by atoms with van der Waals surface area (Å²) in [6, 6.07) is 7.68. The van der Waals surface area contributed by atoms with E-state index in [1.165, 1.54) is 25.7 Å². The molecule has 2 fully saturated rings. The number of piperidine rings is 1. The number of rotatable bonds is 13. The number of nitrogens with one attached hydrogen (secondary N) is 3. The van der Waals surface area contributed by atoms with Crippen molar-refractivity contribution in [1.29, 1.82) is 0 Å². The van der Waals surface area contributed by atoms with Crippen LogP contribution in [0.15, 0.2) is 30.3 Å². The number of anilines is 4. The van der Waals surface area contributed by atoms with Gasteiger partial charge in [-0.05, 0) is 61.3 Å². The molecule has 46 heavy (non-hydrogen) atoms. The van der Waals surface area contributed by atoms with E-state index in [0.29, 0.717) is 66.5 Å². The van der Waals surface area contributed by atoms with Gasteiger partial charge in [0.25, 0.3) is 0 Å². The van der Waals surface area contributed by atoms with Crippen molar-refractivity contribution in [3.8, 4) is 5.75 Å². The predicted octanol–water partition coefficient (Wildman–Crippen LogP) is 5.53. The number of ether oxygens (including phenoxy) is 2. The second-order valence-corrected chi connectivity index (χ2v) is 14.5. The smallest absolute Gasteiger partial charge is 0.306 e. The Morgan fingerprint density at radius 1 is 1.09 bits per heavy atom.